The van der Waals surface area contributed by atoms with Gasteiger partial charge in [0, 0.05) is 12.0 Å². The summed E-state index contributed by atoms with van der Waals surface area (Å²) in [5.74, 6) is -0.344. The number of hydrogen-bond donors (Lipinski definition) is 4. The van der Waals surface area contributed by atoms with Crippen LogP contribution in [0.3, 0.4) is 0 Å². The van der Waals surface area contributed by atoms with E-state index in [1.54, 1.807) is 30.3 Å². The molecule has 0 aromatic heterocycles. The van der Waals surface area contributed by atoms with E-state index in [4.69, 9.17) is 5.21 Å². The second-order valence-electron chi connectivity index (χ2n) is 4.09. The largest absolute Gasteiger partial charge is 0.508 e. The van der Waals surface area contributed by atoms with Gasteiger partial charge in [0.25, 0.3) is 0 Å². The molecule has 0 bridgehead atoms. The first-order valence-corrected chi connectivity index (χ1v) is 5.61. The maximum Gasteiger partial charge on any atom is 0.158 e. The number of oxime groups is 1. The van der Waals surface area contributed by atoms with Crippen LogP contribution in [0.15, 0.2) is 47.6 Å². The van der Waals surface area contributed by atoms with Gasteiger partial charge in [-0.1, -0.05) is 17.3 Å². The Morgan fingerprint density at radius 3 is 2.16 bits per heavy atom. The lowest BCUT2D eigenvalue weighted by Gasteiger charge is -2.06. The van der Waals surface area contributed by atoms with Gasteiger partial charge in [0.1, 0.15) is 5.75 Å². The van der Waals surface area contributed by atoms with Gasteiger partial charge in [-0.2, -0.15) is 0 Å². The van der Waals surface area contributed by atoms with Crippen LogP contribution >= 0.6 is 0 Å². The number of phenolic OH excluding ortho intramolecular Hbond substituents is 3. The molecule has 2 aromatic carbocycles. The summed E-state index contributed by atoms with van der Waals surface area (Å²) in [6, 6.07) is 10.7. The first-order chi connectivity index (χ1) is 9.10. The van der Waals surface area contributed by atoms with Crippen LogP contribution < -0.4 is 0 Å². The van der Waals surface area contributed by atoms with Crippen molar-refractivity contribution in [2.75, 3.05) is 0 Å². The summed E-state index contributed by atoms with van der Waals surface area (Å²) >= 11 is 0. The fourth-order valence-electron chi connectivity index (χ4n) is 1.71. The van der Waals surface area contributed by atoms with Crippen LogP contribution in [0.4, 0.5) is 0 Å². The second-order valence-corrected chi connectivity index (χ2v) is 4.09. The molecule has 0 fully saturated rings. The van der Waals surface area contributed by atoms with Gasteiger partial charge in [-0.25, -0.2) is 0 Å². The first-order valence-electron chi connectivity index (χ1n) is 5.61. The lowest BCUT2D eigenvalue weighted by molar-refractivity contribution is 0.318. The molecule has 2 rings (SSSR count). The summed E-state index contributed by atoms with van der Waals surface area (Å²) in [4.78, 5) is 0. The number of aromatic hydroxyl groups is 3. The van der Waals surface area contributed by atoms with Crippen molar-refractivity contribution >= 4 is 5.71 Å². The molecule has 0 radical (unpaired) electrons. The molecule has 0 aliphatic rings. The van der Waals surface area contributed by atoms with Gasteiger partial charge in [0.15, 0.2) is 11.5 Å². The van der Waals surface area contributed by atoms with Crippen molar-refractivity contribution in [3.05, 3.63) is 53.6 Å². The van der Waals surface area contributed by atoms with Crippen molar-refractivity contribution in [1.82, 2.24) is 0 Å². The van der Waals surface area contributed by atoms with E-state index >= 15 is 0 Å². The van der Waals surface area contributed by atoms with E-state index in [-0.39, 0.29) is 17.2 Å². The molecule has 0 spiro atoms. The van der Waals surface area contributed by atoms with Gasteiger partial charge in [-0.3, -0.25) is 0 Å². The van der Waals surface area contributed by atoms with Gasteiger partial charge < -0.3 is 20.5 Å². The van der Waals surface area contributed by atoms with Crippen LogP contribution in [0.2, 0.25) is 0 Å². The Labute approximate surface area is 109 Å². The highest BCUT2D eigenvalue weighted by Gasteiger charge is 2.09. The average molecular weight is 259 g/mol. The van der Waals surface area contributed by atoms with Gasteiger partial charge in [-0.15, -0.1) is 0 Å². The molecule has 0 heterocycles. The summed E-state index contributed by atoms with van der Waals surface area (Å²) in [5.41, 5.74) is 1.70. The molecule has 98 valence electrons. The van der Waals surface area contributed by atoms with Crippen molar-refractivity contribution in [2.45, 2.75) is 6.42 Å². The van der Waals surface area contributed by atoms with Gasteiger partial charge in [-0.05, 0) is 35.9 Å². The molecule has 0 aliphatic heterocycles. The molecule has 0 saturated carbocycles. The third kappa shape index (κ3) is 2.95. The second kappa shape index (κ2) is 5.30. The van der Waals surface area contributed by atoms with E-state index in [2.05, 4.69) is 5.16 Å². The van der Waals surface area contributed by atoms with Crippen LogP contribution in [0, 0.1) is 0 Å². The molecule has 0 unspecified atom stereocenters. The number of benzene rings is 2. The third-order valence-electron chi connectivity index (χ3n) is 2.74. The fraction of sp³-hybridized carbons (Fsp3) is 0.0714. The lowest BCUT2D eigenvalue weighted by Crippen LogP contribution is -2.05. The van der Waals surface area contributed by atoms with Crippen LogP contribution in [-0.4, -0.2) is 26.2 Å². The Bertz CT molecular complexity index is 605. The maximum absolute atomic E-state index is 9.43. The first kappa shape index (κ1) is 12.8. The summed E-state index contributed by atoms with van der Waals surface area (Å²) in [5, 5.41) is 40.1. The molecule has 0 aliphatic carbocycles. The number of hydrogen-bond acceptors (Lipinski definition) is 5. The molecule has 19 heavy (non-hydrogen) atoms. The monoisotopic (exact) mass is 259 g/mol. The standard InChI is InChI=1S/C14H13NO4/c16-11-4-1-9(2-5-11)7-12(15-19)10-3-6-13(17)14(18)8-10/h1-6,8,16-19H,7H2/b15-12+. The van der Waals surface area contributed by atoms with Gasteiger partial charge in [0.05, 0.1) is 5.71 Å². The smallest absolute Gasteiger partial charge is 0.158 e. The number of rotatable bonds is 3. The highest BCUT2D eigenvalue weighted by atomic mass is 16.4. The van der Waals surface area contributed by atoms with Crippen molar-refractivity contribution < 1.29 is 20.5 Å². The molecule has 0 amide bonds. The van der Waals surface area contributed by atoms with Crippen LogP contribution in [0.5, 0.6) is 17.2 Å². The highest BCUT2D eigenvalue weighted by molar-refractivity contribution is 6.02. The molecule has 2 aromatic rings. The van der Waals surface area contributed by atoms with Crippen molar-refractivity contribution in [3.63, 3.8) is 0 Å². The van der Waals surface area contributed by atoms with Crippen molar-refractivity contribution in [1.29, 1.82) is 0 Å². The Balaban J connectivity index is 2.25. The summed E-state index contributed by atoms with van der Waals surface area (Å²) in [6.07, 6.45) is 0.334. The third-order valence-corrected chi connectivity index (χ3v) is 2.74. The van der Waals surface area contributed by atoms with Crippen molar-refractivity contribution in [2.24, 2.45) is 5.16 Å². The Kier molecular flexibility index (Phi) is 3.56. The summed E-state index contributed by atoms with van der Waals surface area (Å²) in [7, 11) is 0. The maximum atomic E-state index is 9.43. The Hall–Kier alpha value is -2.69. The van der Waals surface area contributed by atoms with Gasteiger partial charge in [0.2, 0.25) is 0 Å². The van der Waals surface area contributed by atoms with Crippen LogP contribution in [-0.2, 0) is 6.42 Å². The summed E-state index contributed by atoms with van der Waals surface area (Å²) < 4.78 is 0. The molecular formula is C14H13NO4. The van der Waals surface area contributed by atoms with E-state index in [1.807, 2.05) is 0 Å². The van der Waals surface area contributed by atoms with E-state index in [9.17, 15) is 15.3 Å². The van der Waals surface area contributed by atoms with Crippen LogP contribution in [0.1, 0.15) is 11.1 Å². The zero-order chi connectivity index (χ0) is 13.8. The normalized spacial score (nSPS) is 11.5. The molecule has 4 N–H and O–H groups in total. The molecular weight excluding hydrogens is 246 g/mol. The Morgan fingerprint density at radius 2 is 1.58 bits per heavy atom. The zero-order valence-electron chi connectivity index (χ0n) is 9.98. The van der Waals surface area contributed by atoms with Crippen molar-refractivity contribution in [3.8, 4) is 17.2 Å². The van der Waals surface area contributed by atoms with E-state index in [0.717, 1.165) is 5.56 Å². The van der Waals surface area contributed by atoms with E-state index in [1.165, 1.54) is 12.1 Å². The van der Waals surface area contributed by atoms with E-state index in [0.29, 0.717) is 17.7 Å². The quantitative estimate of drug-likeness (QED) is 0.294. The summed E-state index contributed by atoms with van der Waals surface area (Å²) in [6.45, 7) is 0. The molecule has 0 atom stereocenters. The SMILES string of the molecule is O/N=C(\Cc1ccc(O)cc1)c1ccc(O)c(O)c1. The predicted molar refractivity (Wildman–Crippen MR) is 69.9 cm³/mol. The highest BCUT2D eigenvalue weighted by Crippen LogP contribution is 2.25. The lowest BCUT2D eigenvalue weighted by atomic mass is 10.0. The van der Waals surface area contributed by atoms with Gasteiger partial charge >= 0.3 is 0 Å². The predicted octanol–water partition coefficient (Wildman–Crippen LogP) is 2.22. The molecule has 5 heteroatoms. The minimum atomic E-state index is -0.274. The minimum absolute atomic E-state index is 0.161. The average Bonchev–Trinajstić information content (AvgIpc) is 2.41. The fourth-order valence-corrected chi connectivity index (χ4v) is 1.71. The Morgan fingerprint density at radius 1 is 0.895 bits per heavy atom. The number of phenols is 3. The van der Waals surface area contributed by atoms with Crippen LogP contribution in [0.25, 0.3) is 0 Å². The molecule has 5 nitrogen and oxygen atoms in total. The number of nitrogens with zero attached hydrogens (tertiary/aromatic N) is 1. The molecule has 0 saturated heterocycles. The zero-order valence-corrected chi connectivity index (χ0v) is 9.98. The topological polar surface area (TPSA) is 93.3 Å². The minimum Gasteiger partial charge on any atom is -0.508 e. The van der Waals surface area contributed by atoms with E-state index < -0.39 is 0 Å².